The largest absolute Gasteiger partial charge is 0.465 e. The van der Waals surface area contributed by atoms with E-state index in [2.05, 4.69) is 16.0 Å². The van der Waals surface area contributed by atoms with Gasteiger partial charge in [-0.1, -0.05) is 24.3 Å². The lowest BCUT2D eigenvalue weighted by Crippen LogP contribution is -2.41. The van der Waals surface area contributed by atoms with Gasteiger partial charge in [0.1, 0.15) is 6.04 Å². The number of esters is 1. The molecule has 1 atom stereocenters. The quantitative estimate of drug-likeness (QED) is 0.742. The molecule has 1 aliphatic heterocycles. The van der Waals surface area contributed by atoms with Crippen LogP contribution in [-0.2, 0) is 14.3 Å². The fourth-order valence-electron chi connectivity index (χ4n) is 2.60. The number of amides is 2. The number of para-hydroxylation sites is 3. The van der Waals surface area contributed by atoms with Crippen LogP contribution in [0.2, 0.25) is 0 Å². The minimum Gasteiger partial charge on any atom is -0.465 e. The van der Waals surface area contributed by atoms with Crippen LogP contribution >= 0.6 is 0 Å². The molecule has 2 amide bonds. The lowest BCUT2D eigenvalue weighted by Gasteiger charge is -2.26. The molecule has 128 valence electrons. The molecule has 0 aromatic heterocycles. The van der Waals surface area contributed by atoms with Gasteiger partial charge in [0.2, 0.25) is 11.8 Å². The van der Waals surface area contributed by atoms with Crippen LogP contribution in [0.5, 0.6) is 0 Å². The summed E-state index contributed by atoms with van der Waals surface area (Å²) in [6.45, 7) is 0. The Kier molecular flexibility index (Phi) is 4.65. The highest BCUT2D eigenvalue weighted by molar-refractivity contribution is 6.07. The van der Waals surface area contributed by atoms with Gasteiger partial charge in [0.05, 0.1) is 36.2 Å². The Morgan fingerprint density at radius 1 is 1.08 bits per heavy atom. The Morgan fingerprint density at radius 3 is 2.52 bits per heavy atom. The lowest BCUT2D eigenvalue weighted by atomic mass is 10.1. The van der Waals surface area contributed by atoms with Crippen molar-refractivity contribution >= 4 is 34.8 Å². The molecule has 1 heterocycles. The first-order valence-corrected chi connectivity index (χ1v) is 7.72. The van der Waals surface area contributed by atoms with Gasteiger partial charge in [-0.05, 0) is 24.3 Å². The van der Waals surface area contributed by atoms with Gasteiger partial charge in [0.25, 0.3) is 0 Å². The van der Waals surface area contributed by atoms with E-state index in [1.165, 1.54) is 7.11 Å². The fourth-order valence-corrected chi connectivity index (χ4v) is 2.60. The molecule has 2 aromatic carbocycles. The monoisotopic (exact) mass is 339 g/mol. The maximum atomic E-state index is 12.3. The second-order valence-corrected chi connectivity index (χ2v) is 5.52. The lowest BCUT2D eigenvalue weighted by molar-refractivity contribution is -0.122. The smallest absolute Gasteiger partial charge is 0.339 e. The first-order chi connectivity index (χ1) is 12.1. The Balaban J connectivity index is 1.70. The second-order valence-electron chi connectivity index (χ2n) is 5.52. The number of carbonyl (C=O) groups is 3. The molecule has 7 heteroatoms. The van der Waals surface area contributed by atoms with Crippen molar-refractivity contribution in [1.82, 2.24) is 0 Å². The zero-order valence-corrected chi connectivity index (χ0v) is 13.5. The molecule has 0 radical (unpaired) electrons. The molecule has 25 heavy (non-hydrogen) atoms. The van der Waals surface area contributed by atoms with E-state index in [1.54, 1.807) is 30.3 Å². The fraction of sp³-hybridized carbons (Fsp3) is 0.167. The number of hydrogen-bond acceptors (Lipinski definition) is 5. The molecule has 0 spiro atoms. The maximum absolute atomic E-state index is 12.3. The summed E-state index contributed by atoms with van der Waals surface area (Å²) in [5.74, 6) is -1.21. The molecule has 0 saturated carbocycles. The number of anilines is 3. The van der Waals surface area contributed by atoms with Gasteiger partial charge < -0.3 is 20.7 Å². The summed E-state index contributed by atoms with van der Waals surface area (Å²) >= 11 is 0. The number of ether oxygens (including phenoxy) is 1. The van der Waals surface area contributed by atoms with Gasteiger partial charge in [0, 0.05) is 0 Å². The molecule has 0 aliphatic carbocycles. The SMILES string of the molecule is COC(=O)c1ccccc1NC(=O)CC1Nc2ccccc2NC1=O. The minimum atomic E-state index is -0.694. The maximum Gasteiger partial charge on any atom is 0.339 e. The van der Waals surface area contributed by atoms with Crippen LogP contribution in [0.25, 0.3) is 0 Å². The van der Waals surface area contributed by atoms with E-state index in [0.29, 0.717) is 11.4 Å². The number of hydrogen-bond donors (Lipinski definition) is 3. The van der Waals surface area contributed by atoms with Crippen molar-refractivity contribution < 1.29 is 19.1 Å². The van der Waals surface area contributed by atoms with Crippen molar-refractivity contribution in [3.63, 3.8) is 0 Å². The van der Waals surface area contributed by atoms with Gasteiger partial charge in [-0.2, -0.15) is 0 Å². The summed E-state index contributed by atoms with van der Waals surface area (Å²) in [6.07, 6.45) is -0.0737. The molecule has 2 aromatic rings. The van der Waals surface area contributed by atoms with Gasteiger partial charge in [-0.15, -0.1) is 0 Å². The van der Waals surface area contributed by atoms with Crippen molar-refractivity contribution in [2.45, 2.75) is 12.5 Å². The third-order valence-corrected chi connectivity index (χ3v) is 3.83. The van der Waals surface area contributed by atoms with Crippen LogP contribution in [0.4, 0.5) is 17.1 Å². The minimum absolute atomic E-state index is 0.0737. The number of rotatable bonds is 4. The standard InChI is InChI=1S/C18H17N3O4/c1-25-18(24)11-6-2-3-7-12(11)20-16(22)10-15-17(23)21-14-9-5-4-8-13(14)19-15/h2-9,15,19H,10H2,1H3,(H,20,22)(H,21,23). The Morgan fingerprint density at radius 2 is 1.76 bits per heavy atom. The van der Waals surface area contributed by atoms with Crippen LogP contribution < -0.4 is 16.0 Å². The summed E-state index contributed by atoms with van der Waals surface area (Å²) in [4.78, 5) is 36.2. The molecule has 3 rings (SSSR count). The molecule has 1 aliphatic rings. The van der Waals surface area contributed by atoms with E-state index >= 15 is 0 Å². The Labute approximate surface area is 144 Å². The number of methoxy groups -OCH3 is 1. The van der Waals surface area contributed by atoms with E-state index in [-0.39, 0.29) is 23.8 Å². The van der Waals surface area contributed by atoms with Gasteiger partial charge in [-0.3, -0.25) is 9.59 Å². The highest BCUT2D eigenvalue weighted by Gasteiger charge is 2.27. The summed E-state index contributed by atoms with van der Waals surface area (Å²) in [5.41, 5.74) is 2.04. The van der Waals surface area contributed by atoms with Crippen molar-refractivity contribution in [2.24, 2.45) is 0 Å². The zero-order chi connectivity index (χ0) is 17.8. The Hall–Kier alpha value is -3.35. The van der Waals surface area contributed by atoms with Crippen molar-refractivity contribution in [3.05, 3.63) is 54.1 Å². The summed E-state index contributed by atoms with van der Waals surface area (Å²) < 4.78 is 4.70. The summed E-state index contributed by atoms with van der Waals surface area (Å²) in [6, 6.07) is 13.1. The van der Waals surface area contributed by atoms with Crippen LogP contribution in [0, 0.1) is 0 Å². The molecule has 0 saturated heterocycles. The first-order valence-electron chi connectivity index (χ1n) is 7.72. The third-order valence-electron chi connectivity index (χ3n) is 3.83. The summed E-state index contributed by atoms with van der Waals surface area (Å²) in [5, 5.41) is 8.47. The van der Waals surface area contributed by atoms with E-state index < -0.39 is 12.0 Å². The molecule has 7 nitrogen and oxygen atoms in total. The average molecular weight is 339 g/mol. The number of nitrogens with one attached hydrogen (secondary N) is 3. The molecule has 3 N–H and O–H groups in total. The topological polar surface area (TPSA) is 96.5 Å². The van der Waals surface area contributed by atoms with Crippen molar-refractivity contribution in [1.29, 1.82) is 0 Å². The van der Waals surface area contributed by atoms with Crippen molar-refractivity contribution in [2.75, 3.05) is 23.1 Å². The van der Waals surface area contributed by atoms with E-state index in [0.717, 1.165) is 5.69 Å². The molecule has 0 fully saturated rings. The van der Waals surface area contributed by atoms with Crippen LogP contribution in [0.3, 0.4) is 0 Å². The van der Waals surface area contributed by atoms with E-state index in [4.69, 9.17) is 4.74 Å². The van der Waals surface area contributed by atoms with Crippen LogP contribution in [-0.4, -0.2) is 30.9 Å². The molecular weight excluding hydrogens is 322 g/mol. The normalized spacial score (nSPS) is 15.4. The first kappa shape index (κ1) is 16.5. The average Bonchev–Trinajstić information content (AvgIpc) is 2.62. The predicted octanol–water partition coefficient (Wildman–Crippen LogP) is 2.23. The van der Waals surface area contributed by atoms with Gasteiger partial charge in [0.15, 0.2) is 0 Å². The van der Waals surface area contributed by atoms with E-state index in [1.807, 2.05) is 18.2 Å². The zero-order valence-electron chi connectivity index (χ0n) is 13.5. The van der Waals surface area contributed by atoms with Crippen LogP contribution in [0.1, 0.15) is 16.8 Å². The van der Waals surface area contributed by atoms with E-state index in [9.17, 15) is 14.4 Å². The van der Waals surface area contributed by atoms with Crippen LogP contribution in [0.15, 0.2) is 48.5 Å². The summed E-state index contributed by atoms with van der Waals surface area (Å²) in [7, 11) is 1.27. The third kappa shape index (κ3) is 3.60. The molecule has 1 unspecified atom stereocenters. The van der Waals surface area contributed by atoms with Gasteiger partial charge >= 0.3 is 5.97 Å². The molecular formula is C18H17N3O4. The Bertz CT molecular complexity index is 835. The number of fused-ring (bicyclic) bond motifs is 1. The predicted molar refractivity (Wildman–Crippen MR) is 93.5 cm³/mol. The van der Waals surface area contributed by atoms with Crippen molar-refractivity contribution in [3.8, 4) is 0 Å². The van der Waals surface area contributed by atoms with Gasteiger partial charge in [-0.25, -0.2) is 4.79 Å². The highest BCUT2D eigenvalue weighted by Crippen LogP contribution is 2.27. The second kappa shape index (κ2) is 7.04. The number of carbonyl (C=O) groups excluding carboxylic acids is 3. The molecule has 0 bridgehead atoms. The number of benzene rings is 2. The highest BCUT2D eigenvalue weighted by atomic mass is 16.5.